The number of rotatable bonds is 7. The smallest absolute Gasteiger partial charge is 0.223 e. The number of nitrogens with two attached hydrogens (primary N) is 1. The maximum atomic E-state index is 11.5. The summed E-state index contributed by atoms with van der Waals surface area (Å²) in [5.74, 6) is 0.885. The number of nitrogens with one attached hydrogen (secondary N) is 1. The zero-order valence-corrected chi connectivity index (χ0v) is 14.4. The molecule has 1 aromatic heterocycles. The molecule has 0 saturated heterocycles. The predicted octanol–water partition coefficient (Wildman–Crippen LogP) is 1.50. The van der Waals surface area contributed by atoms with Gasteiger partial charge in [-0.3, -0.25) is 0 Å². The minimum absolute atomic E-state index is 0.0781. The summed E-state index contributed by atoms with van der Waals surface area (Å²) in [5, 5.41) is 0.583. The molecular formula is C14H18N4O3S2. The van der Waals surface area contributed by atoms with Gasteiger partial charge in [-0.1, -0.05) is 23.9 Å². The molecule has 0 atom stereocenters. The average molecular weight is 354 g/mol. The van der Waals surface area contributed by atoms with Gasteiger partial charge >= 0.3 is 0 Å². The molecule has 23 heavy (non-hydrogen) atoms. The lowest BCUT2D eigenvalue weighted by atomic mass is 10.2. The molecule has 0 bridgehead atoms. The van der Waals surface area contributed by atoms with Gasteiger partial charge in [0.25, 0.3) is 0 Å². The average Bonchev–Trinajstić information content (AvgIpc) is 2.56. The van der Waals surface area contributed by atoms with Crippen LogP contribution in [0.15, 0.2) is 35.5 Å². The molecule has 1 aromatic carbocycles. The van der Waals surface area contributed by atoms with Gasteiger partial charge in [0, 0.05) is 12.6 Å². The largest absolute Gasteiger partial charge is 0.439 e. The molecule has 0 aliphatic rings. The Balaban J connectivity index is 2.15. The first kappa shape index (κ1) is 17.7. The van der Waals surface area contributed by atoms with Crippen molar-refractivity contribution in [1.29, 1.82) is 0 Å². The molecule has 0 fully saturated rings. The van der Waals surface area contributed by atoms with E-state index in [4.69, 9.17) is 10.5 Å². The Bertz CT molecular complexity index is 742. The highest BCUT2D eigenvalue weighted by Crippen LogP contribution is 2.23. The predicted molar refractivity (Wildman–Crippen MR) is 89.9 cm³/mol. The number of nitrogens with zero attached hydrogens (tertiary/aromatic N) is 2. The summed E-state index contributed by atoms with van der Waals surface area (Å²) in [6.45, 7) is 0.299. The molecule has 2 aromatic rings. The number of hydrogen-bond acceptors (Lipinski definition) is 7. The number of ether oxygens (including phenoxy) is 1. The van der Waals surface area contributed by atoms with Crippen LogP contribution in [-0.2, 0) is 22.3 Å². The Morgan fingerprint density at radius 3 is 2.52 bits per heavy atom. The molecule has 124 valence electrons. The van der Waals surface area contributed by atoms with Crippen LogP contribution in [0.1, 0.15) is 11.3 Å². The first-order chi connectivity index (χ1) is 11.0. The quantitative estimate of drug-likeness (QED) is 0.573. The van der Waals surface area contributed by atoms with Crippen molar-refractivity contribution < 1.29 is 13.2 Å². The third-order valence-corrected chi connectivity index (χ3v) is 4.82. The van der Waals surface area contributed by atoms with Crippen molar-refractivity contribution in [3.63, 3.8) is 0 Å². The van der Waals surface area contributed by atoms with E-state index in [1.165, 1.54) is 18.8 Å². The van der Waals surface area contributed by atoms with E-state index in [0.29, 0.717) is 34.6 Å². The molecule has 3 N–H and O–H groups in total. The fourth-order valence-corrected chi connectivity index (χ4v) is 2.93. The molecule has 0 amide bonds. The minimum atomic E-state index is -3.29. The van der Waals surface area contributed by atoms with Gasteiger partial charge < -0.3 is 10.5 Å². The van der Waals surface area contributed by atoms with Crippen LogP contribution in [0, 0.1) is 0 Å². The summed E-state index contributed by atoms with van der Waals surface area (Å²) in [6.07, 6.45) is 1.87. The van der Waals surface area contributed by atoms with Crippen molar-refractivity contribution in [2.75, 3.05) is 13.3 Å². The van der Waals surface area contributed by atoms with E-state index in [1.807, 2.05) is 6.26 Å². The molecule has 7 nitrogen and oxygen atoms in total. The van der Waals surface area contributed by atoms with Gasteiger partial charge in [-0.05, 0) is 31.0 Å². The highest BCUT2D eigenvalue weighted by molar-refractivity contribution is 7.98. The van der Waals surface area contributed by atoms with Crippen LogP contribution in [0.4, 0.5) is 0 Å². The molecule has 2 rings (SSSR count). The normalized spacial score (nSPS) is 11.4. The Kier molecular flexibility index (Phi) is 5.94. The van der Waals surface area contributed by atoms with E-state index in [1.54, 1.807) is 30.3 Å². The second-order valence-electron chi connectivity index (χ2n) is 4.60. The standard InChI is InChI=1S/C14H18N4O3S2/c1-16-23(19,20)9-10-3-5-12(6-4-10)21-13-7-11(8-15)17-14(18-13)22-2/h3-7,16H,8-9,15H2,1-2H3. The van der Waals surface area contributed by atoms with Crippen LogP contribution in [0.5, 0.6) is 11.6 Å². The molecule has 0 radical (unpaired) electrons. The van der Waals surface area contributed by atoms with Crippen molar-refractivity contribution in [3.8, 4) is 11.6 Å². The first-order valence-electron chi connectivity index (χ1n) is 6.76. The molecular weight excluding hydrogens is 336 g/mol. The van der Waals surface area contributed by atoms with E-state index < -0.39 is 10.0 Å². The summed E-state index contributed by atoms with van der Waals surface area (Å²) in [6, 6.07) is 8.47. The Labute approximate surface area is 139 Å². The molecule has 0 saturated carbocycles. The summed E-state index contributed by atoms with van der Waals surface area (Å²) in [4.78, 5) is 8.51. The van der Waals surface area contributed by atoms with Gasteiger partial charge in [-0.25, -0.2) is 18.1 Å². The monoisotopic (exact) mass is 354 g/mol. The second-order valence-corrected chi connectivity index (χ2v) is 7.30. The van der Waals surface area contributed by atoms with Crippen LogP contribution < -0.4 is 15.2 Å². The van der Waals surface area contributed by atoms with Crippen LogP contribution in [0.2, 0.25) is 0 Å². The number of thioether (sulfide) groups is 1. The number of hydrogen-bond donors (Lipinski definition) is 2. The maximum Gasteiger partial charge on any atom is 0.223 e. The van der Waals surface area contributed by atoms with Crippen molar-refractivity contribution in [1.82, 2.24) is 14.7 Å². The zero-order valence-electron chi connectivity index (χ0n) is 12.8. The van der Waals surface area contributed by atoms with Gasteiger partial charge in [0.1, 0.15) is 5.75 Å². The van der Waals surface area contributed by atoms with Crippen molar-refractivity contribution >= 4 is 21.8 Å². The second kappa shape index (κ2) is 7.73. The zero-order chi connectivity index (χ0) is 16.9. The highest BCUT2D eigenvalue weighted by atomic mass is 32.2. The highest BCUT2D eigenvalue weighted by Gasteiger charge is 2.09. The molecule has 0 aliphatic carbocycles. The maximum absolute atomic E-state index is 11.5. The SMILES string of the molecule is CNS(=O)(=O)Cc1ccc(Oc2cc(CN)nc(SC)n2)cc1. The molecule has 0 spiro atoms. The molecule has 0 aliphatic heterocycles. The van der Waals surface area contributed by atoms with Gasteiger partial charge in [0.05, 0.1) is 11.4 Å². The van der Waals surface area contributed by atoms with E-state index in [0.717, 1.165) is 0 Å². The lowest BCUT2D eigenvalue weighted by molar-refractivity contribution is 0.453. The van der Waals surface area contributed by atoms with E-state index in [2.05, 4.69) is 14.7 Å². The van der Waals surface area contributed by atoms with E-state index >= 15 is 0 Å². The Morgan fingerprint density at radius 1 is 1.26 bits per heavy atom. The van der Waals surface area contributed by atoms with Gasteiger partial charge in [0.2, 0.25) is 15.9 Å². The molecule has 9 heteroatoms. The van der Waals surface area contributed by atoms with Crippen molar-refractivity contribution in [2.45, 2.75) is 17.5 Å². The number of aromatic nitrogens is 2. The first-order valence-corrected chi connectivity index (χ1v) is 9.63. The third-order valence-electron chi connectivity index (χ3n) is 2.94. The topological polar surface area (TPSA) is 107 Å². The Hall–Kier alpha value is -1.68. The van der Waals surface area contributed by atoms with Gasteiger partial charge in [-0.2, -0.15) is 4.98 Å². The fraction of sp³-hybridized carbons (Fsp3) is 0.286. The Morgan fingerprint density at radius 2 is 1.96 bits per heavy atom. The lowest BCUT2D eigenvalue weighted by Gasteiger charge is -2.08. The van der Waals surface area contributed by atoms with Gasteiger partial charge in [0.15, 0.2) is 5.16 Å². The summed E-state index contributed by atoms with van der Waals surface area (Å²) in [5.41, 5.74) is 6.97. The lowest BCUT2D eigenvalue weighted by Crippen LogP contribution is -2.20. The van der Waals surface area contributed by atoms with Crippen LogP contribution in [-0.4, -0.2) is 31.7 Å². The van der Waals surface area contributed by atoms with Crippen LogP contribution in [0.25, 0.3) is 0 Å². The van der Waals surface area contributed by atoms with E-state index in [-0.39, 0.29) is 5.75 Å². The summed E-state index contributed by atoms with van der Waals surface area (Å²) in [7, 11) is -1.90. The van der Waals surface area contributed by atoms with Crippen molar-refractivity contribution in [3.05, 3.63) is 41.6 Å². The van der Waals surface area contributed by atoms with Crippen LogP contribution >= 0.6 is 11.8 Å². The number of benzene rings is 1. The van der Waals surface area contributed by atoms with Crippen LogP contribution in [0.3, 0.4) is 0 Å². The molecule has 0 unspecified atom stereocenters. The van der Waals surface area contributed by atoms with Gasteiger partial charge in [-0.15, -0.1) is 0 Å². The van der Waals surface area contributed by atoms with Crippen molar-refractivity contribution in [2.24, 2.45) is 5.73 Å². The van der Waals surface area contributed by atoms with E-state index in [9.17, 15) is 8.42 Å². The summed E-state index contributed by atoms with van der Waals surface area (Å²) < 4.78 is 31.0. The third kappa shape index (κ3) is 5.17. The molecule has 1 heterocycles. The minimum Gasteiger partial charge on any atom is -0.439 e. The summed E-state index contributed by atoms with van der Waals surface area (Å²) >= 11 is 1.40. The number of sulfonamides is 1. The fourth-order valence-electron chi connectivity index (χ4n) is 1.76.